The Labute approximate surface area is 85.4 Å². The van der Waals surface area contributed by atoms with Crippen LogP contribution in [0.2, 0.25) is 0 Å². The fourth-order valence-electron chi connectivity index (χ4n) is 2.16. The minimum atomic E-state index is 0.190. The van der Waals surface area contributed by atoms with Crippen molar-refractivity contribution in [1.82, 2.24) is 0 Å². The Kier molecular flexibility index (Phi) is 2.42. The van der Waals surface area contributed by atoms with Crippen LogP contribution in [-0.2, 0) is 4.74 Å². The normalized spacial score (nSPS) is 19.4. The zero-order chi connectivity index (χ0) is 10.1. The molecule has 1 atom stereocenters. The lowest BCUT2D eigenvalue weighted by Gasteiger charge is -2.13. The quantitative estimate of drug-likeness (QED) is 0.690. The molecule has 14 heavy (non-hydrogen) atoms. The molecule has 0 heterocycles. The number of rotatable bonds is 2. The third-order valence-corrected chi connectivity index (χ3v) is 2.95. The Balaban J connectivity index is 2.52. The van der Waals surface area contributed by atoms with Crippen molar-refractivity contribution in [2.45, 2.75) is 26.4 Å². The van der Waals surface area contributed by atoms with Gasteiger partial charge in [-0.05, 0) is 35.6 Å². The van der Waals surface area contributed by atoms with Gasteiger partial charge in [-0.3, -0.25) is 0 Å². The van der Waals surface area contributed by atoms with Crippen LogP contribution in [0.1, 0.15) is 36.1 Å². The molecule has 1 aromatic rings. The molecule has 0 aliphatic heterocycles. The number of fused-ring (bicyclic) bond motifs is 1. The number of methoxy groups -OCH3 is 1. The van der Waals surface area contributed by atoms with Crippen LogP contribution in [0.15, 0.2) is 23.8 Å². The standard InChI is InChI=1S/C13H16O/c1-4-10-8-12-9(2)6-5-7-11(12)13(10)14-3/h5-8,13H,4H2,1-3H3. The fourth-order valence-corrected chi connectivity index (χ4v) is 2.16. The van der Waals surface area contributed by atoms with E-state index < -0.39 is 0 Å². The second-order valence-electron chi connectivity index (χ2n) is 3.77. The van der Waals surface area contributed by atoms with E-state index in [0.29, 0.717) is 0 Å². The Morgan fingerprint density at radius 2 is 2.14 bits per heavy atom. The predicted octanol–water partition coefficient (Wildman–Crippen LogP) is 3.49. The lowest BCUT2D eigenvalue weighted by molar-refractivity contribution is 0.134. The van der Waals surface area contributed by atoms with Gasteiger partial charge in [0.1, 0.15) is 6.10 Å². The van der Waals surface area contributed by atoms with E-state index in [4.69, 9.17) is 4.74 Å². The van der Waals surface area contributed by atoms with Crippen LogP contribution in [0.4, 0.5) is 0 Å². The molecular weight excluding hydrogens is 172 g/mol. The van der Waals surface area contributed by atoms with Crippen LogP contribution in [-0.4, -0.2) is 7.11 Å². The summed E-state index contributed by atoms with van der Waals surface area (Å²) in [6.45, 7) is 4.33. The average Bonchev–Trinajstić information content (AvgIpc) is 2.57. The van der Waals surface area contributed by atoms with Gasteiger partial charge in [0.25, 0.3) is 0 Å². The maximum atomic E-state index is 5.53. The summed E-state index contributed by atoms with van der Waals surface area (Å²) in [5, 5.41) is 0. The van der Waals surface area contributed by atoms with Crippen LogP contribution in [0, 0.1) is 6.92 Å². The Bertz CT molecular complexity index is 377. The highest BCUT2D eigenvalue weighted by Gasteiger charge is 2.24. The van der Waals surface area contributed by atoms with E-state index in [1.54, 1.807) is 7.11 Å². The van der Waals surface area contributed by atoms with Gasteiger partial charge in [0.2, 0.25) is 0 Å². The van der Waals surface area contributed by atoms with Gasteiger partial charge in [-0.2, -0.15) is 0 Å². The van der Waals surface area contributed by atoms with Crippen molar-refractivity contribution < 1.29 is 4.74 Å². The highest BCUT2D eigenvalue weighted by Crippen LogP contribution is 2.39. The third-order valence-electron chi connectivity index (χ3n) is 2.95. The highest BCUT2D eigenvalue weighted by atomic mass is 16.5. The molecule has 2 rings (SSSR count). The summed E-state index contributed by atoms with van der Waals surface area (Å²) in [6.07, 6.45) is 3.53. The minimum Gasteiger partial charge on any atom is -0.372 e. The van der Waals surface area contributed by atoms with E-state index in [-0.39, 0.29) is 6.10 Å². The summed E-state index contributed by atoms with van der Waals surface area (Å²) in [5.41, 5.74) is 5.41. The van der Waals surface area contributed by atoms with Crippen LogP contribution in [0.5, 0.6) is 0 Å². The van der Waals surface area contributed by atoms with E-state index in [0.717, 1.165) is 6.42 Å². The molecule has 0 saturated heterocycles. The van der Waals surface area contributed by atoms with Gasteiger partial charge in [0, 0.05) is 7.11 Å². The van der Waals surface area contributed by atoms with E-state index in [2.05, 4.69) is 38.1 Å². The largest absolute Gasteiger partial charge is 0.372 e. The van der Waals surface area contributed by atoms with Crippen LogP contribution < -0.4 is 0 Å². The number of ether oxygens (including phenoxy) is 1. The maximum absolute atomic E-state index is 5.53. The molecule has 0 aromatic heterocycles. The fraction of sp³-hybridized carbons (Fsp3) is 0.385. The van der Waals surface area contributed by atoms with Crippen molar-refractivity contribution in [3.63, 3.8) is 0 Å². The molecular formula is C13H16O. The predicted molar refractivity (Wildman–Crippen MR) is 59.2 cm³/mol. The van der Waals surface area contributed by atoms with Crippen molar-refractivity contribution in [2.24, 2.45) is 0 Å². The molecule has 1 aliphatic carbocycles. The van der Waals surface area contributed by atoms with E-state index in [9.17, 15) is 0 Å². The minimum absolute atomic E-state index is 0.190. The Hall–Kier alpha value is -1.08. The first-order valence-corrected chi connectivity index (χ1v) is 5.10. The van der Waals surface area contributed by atoms with Gasteiger partial charge in [-0.15, -0.1) is 0 Å². The number of hydrogen-bond acceptors (Lipinski definition) is 1. The van der Waals surface area contributed by atoms with Crippen molar-refractivity contribution in [2.75, 3.05) is 7.11 Å². The Morgan fingerprint density at radius 1 is 1.36 bits per heavy atom. The topological polar surface area (TPSA) is 9.23 Å². The first-order chi connectivity index (χ1) is 6.77. The zero-order valence-corrected chi connectivity index (χ0v) is 9.00. The van der Waals surface area contributed by atoms with Gasteiger partial charge in [0.15, 0.2) is 0 Å². The molecule has 1 aromatic carbocycles. The van der Waals surface area contributed by atoms with Gasteiger partial charge in [-0.25, -0.2) is 0 Å². The van der Waals surface area contributed by atoms with Crippen LogP contribution in [0.25, 0.3) is 6.08 Å². The number of aryl methyl sites for hydroxylation is 1. The molecule has 74 valence electrons. The monoisotopic (exact) mass is 188 g/mol. The lowest BCUT2D eigenvalue weighted by atomic mass is 10.0. The zero-order valence-electron chi connectivity index (χ0n) is 9.00. The van der Waals surface area contributed by atoms with Gasteiger partial charge in [-0.1, -0.05) is 31.2 Å². The van der Waals surface area contributed by atoms with Crippen molar-refractivity contribution in [3.05, 3.63) is 40.5 Å². The molecule has 0 bridgehead atoms. The first-order valence-electron chi connectivity index (χ1n) is 5.10. The SMILES string of the molecule is CCC1=Cc2c(C)cccc2C1OC. The summed E-state index contributed by atoms with van der Waals surface area (Å²) < 4.78 is 5.53. The van der Waals surface area contributed by atoms with E-state index in [1.807, 2.05) is 0 Å². The molecule has 0 N–H and O–H groups in total. The molecule has 0 saturated carbocycles. The van der Waals surface area contributed by atoms with Gasteiger partial charge < -0.3 is 4.74 Å². The second kappa shape index (κ2) is 3.58. The first kappa shape index (κ1) is 9.47. The molecule has 1 heteroatoms. The molecule has 0 radical (unpaired) electrons. The number of benzene rings is 1. The van der Waals surface area contributed by atoms with Crippen molar-refractivity contribution in [1.29, 1.82) is 0 Å². The summed E-state index contributed by atoms with van der Waals surface area (Å²) in [6, 6.07) is 6.42. The summed E-state index contributed by atoms with van der Waals surface area (Å²) in [4.78, 5) is 0. The average molecular weight is 188 g/mol. The number of hydrogen-bond donors (Lipinski definition) is 0. The molecule has 1 nitrogen and oxygen atoms in total. The molecule has 1 aliphatic rings. The van der Waals surface area contributed by atoms with E-state index in [1.165, 1.54) is 22.3 Å². The van der Waals surface area contributed by atoms with E-state index >= 15 is 0 Å². The van der Waals surface area contributed by atoms with Crippen LogP contribution >= 0.6 is 0 Å². The summed E-state index contributed by atoms with van der Waals surface area (Å²) in [5.74, 6) is 0. The lowest BCUT2D eigenvalue weighted by Crippen LogP contribution is -2.00. The molecule has 1 unspecified atom stereocenters. The van der Waals surface area contributed by atoms with Crippen LogP contribution in [0.3, 0.4) is 0 Å². The maximum Gasteiger partial charge on any atom is 0.104 e. The molecule has 0 fully saturated rings. The molecule has 0 spiro atoms. The van der Waals surface area contributed by atoms with Gasteiger partial charge in [0.05, 0.1) is 0 Å². The molecule has 0 amide bonds. The summed E-state index contributed by atoms with van der Waals surface area (Å²) in [7, 11) is 1.78. The van der Waals surface area contributed by atoms with Gasteiger partial charge >= 0.3 is 0 Å². The second-order valence-corrected chi connectivity index (χ2v) is 3.77. The van der Waals surface area contributed by atoms with Crippen molar-refractivity contribution in [3.8, 4) is 0 Å². The highest BCUT2D eigenvalue weighted by molar-refractivity contribution is 5.68. The van der Waals surface area contributed by atoms with Crippen molar-refractivity contribution >= 4 is 6.08 Å². The summed E-state index contributed by atoms with van der Waals surface area (Å²) >= 11 is 0. The smallest absolute Gasteiger partial charge is 0.104 e. The third kappa shape index (κ3) is 1.28. The Morgan fingerprint density at radius 3 is 2.79 bits per heavy atom.